The van der Waals surface area contributed by atoms with E-state index in [0.29, 0.717) is 21.6 Å². The fraction of sp³-hybridized carbons (Fsp3) is 0.0909. The Morgan fingerprint density at radius 3 is 2.75 bits per heavy atom. The van der Waals surface area contributed by atoms with Crippen LogP contribution in [0.4, 0.5) is 4.39 Å². The zero-order chi connectivity index (χ0) is 11.7. The molecule has 3 nitrogen and oxygen atoms in total. The SMILES string of the molecule is Cc1cc(=O)[nH]c(-c2ccc(F)c(Br)c2)n1. The van der Waals surface area contributed by atoms with Crippen LogP contribution in [-0.2, 0) is 0 Å². The summed E-state index contributed by atoms with van der Waals surface area (Å²) in [6, 6.07) is 5.87. The predicted octanol–water partition coefficient (Wildman–Crippen LogP) is 2.65. The van der Waals surface area contributed by atoms with E-state index in [1.165, 1.54) is 12.1 Å². The molecule has 1 aromatic heterocycles. The Balaban J connectivity index is 2.58. The van der Waals surface area contributed by atoms with Crippen molar-refractivity contribution < 1.29 is 4.39 Å². The van der Waals surface area contributed by atoms with Gasteiger partial charge >= 0.3 is 0 Å². The third-order valence-electron chi connectivity index (χ3n) is 2.06. The molecule has 1 aromatic carbocycles. The van der Waals surface area contributed by atoms with Crippen molar-refractivity contribution >= 4 is 15.9 Å². The van der Waals surface area contributed by atoms with Gasteiger partial charge in [0.15, 0.2) is 0 Å². The minimum Gasteiger partial charge on any atom is -0.307 e. The van der Waals surface area contributed by atoms with E-state index in [-0.39, 0.29) is 11.4 Å². The number of benzene rings is 1. The average Bonchev–Trinajstić information content (AvgIpc) is 2.20. The summed E-state index contributed by atoms with van der Waals surface area (Å²) in [5.41, 5.74) is 1.07. The first-order valence-electron chi connectivity index (χ1n) is 4.59. The van der Waals surface area contributed by atoms with Crippen molar-refractivity contribution in [3.8, 4) is 11.4 Å². The van der Waals surface area contributed by atoms with Crippen molar-refractivity contribution in [1.29, 1.82) is 0 Å². The highest BCUT2D eigenvalue weighted by Crippen LogP contribution is 2.22. The van der Waals surface area contributed by atoms with Crippen LogP contribution in [0.15, 0.2) is 33.5 Å². The first kappa shape index (κ1) is 11.0. The van der Waals surface area contributed by atoms with Crippen LogP contribution >= 0.6 is 15.9 Å². The molecule has 2 aromatic rings. The van der Waals surface area contributed by atoms with Gasteiger partial charge in [0.05, 0.1) is 4.47 Å². The molecule has 0 saturated carbocycles. The number of rotatable bonds is 1. The zero-order valence-corrected chi connectivity index (χ0v) is 10.0. The first-order valence-corrected chi connectivity index (χ1v) is 5.39. The zero-order valence-electron chi connectivity index (χ0n) is 8.42. The second-order valence-electron chi connectivity index (χ2n) is 3.36. The Morgan fingerprint density at radius 2 is 2.12 bits per heavy atom. The summed E-state index contributed by atoms with van der Waals surface area (Å²) >= 11 is 3.09. The normalized spacial score (nSPS) is 10.4. The molecule has 82 valence electrons. The summed E-state index contributed by atoms with van der Waals surface area (Å²) in [6.07, 6.45) is 0. The summed E-state index contributed by atoms with van der Waals surface area (Å²) in [5, 5.41) is 0. The maximum atomic E-state index is 13.0. The number of hydrogen-bond acceptors (Lipinski definition) is 2. The van der Waals surface area contributed by atoms with Crippen molar-refractivity contribution in [2.75, 3.05) is 0 Å². The molecule has 0 atom stereocenters. The third-order valence-corrected chi connectivity index (χ3v) is 2.67. The fourth-order valence-electron chi connectivity index (χ4n) is 1.36. The van der Waals surface area contributed by atoms with E-state index in [2.05, 4.69) is 25.9 Å². The van der Waals surface area contributed by atoms with Crippen LogP contribution in [0.3, 0.4) is 0 Å². The second-order valence-corrected chi connectivity index (χ2v) is 4.22. The van der Waals surface area contributed by atoms with E-state index in [1.807, 2.05) is 0 Å². The van der Waals surface area contributed by atoms with Crippen LogP contribution in [-0.4, -0.2) is 9.97 Å². The molecule has 0 spiro atoms. The first-order chi connectivity index (χ1) is 7.56. The van der Waals surface area contributed by atoms with Gasteiger partial charge in [-0.2, -0.15) is 0 Å². The molecule has 1 N–H and O–H groups in total. The number of halogens is 2. The van der Waals surface area contributed by atoms with E-state index in [1.54, 1.807) is 19.1 Å². The van der Waals surface area contributed by atoms with Crippen LogP contribution in [0.1, 0.15) is 5.69 Å². The average molecular weight is 283 g/mol. The third kappa shape index (κ3) is 2.19. The molecule has 5 heteroatoms. The lowest BCUT2D eigenvalue weighted by atomic mass is 10.2. The van der Waals surface area contributed by atoms with Gasteiger partial charge in [0.25, 0.3) is 5.56 Å². The van der Waals surface area contributed by atoms with Gasteiger partial charge in [0.1, 0.15) is 11.6 Å². The number of aromatic nitrogens is 2. The Labute approximate surface area is 99.5 Å². The Hall–Kier alpha value is -1.49. The number of H-pyrrole nitrogens is 1. The highest BCUT2D eigenvalue weighted by molar-refractivity contribution is 9.10. The van der Waals surface area contributed by atoms with E-state index in [4.69, 9.17) is 0 Å². The summed E-state index contributed by atoms with van der Waals surface area (Å²) in [5.74, 6) is 0.0875. The quantitative estimate of drug-likeness (QED) is 0.874. The largest absolute Gasteiger partial charge is 0.307 e. The second kappa shape index (κ2) is 4.17. The molecule has 0 bridgehead atoms. The Bertz CT molecular complexity index is 595. The molecule has 0 aliphatic rings. The molecule has 16 heavy (non-hydrogen) atoms. The van der Waals surface area contributed by atoms with Gasteiger partial charge in [0.2, 0.25) is 0 Å². The molecule has 0 amide bonds. The van der Waals surface area contributed by atoms with E-state index >= 15 is 0 Å². The van der Waals surface area contributed by atoms with Crippen molar-refractivity contribution in [3.63, 3.8) is 0 Å². The van der Waals surface area contributed by atoms with Gasteiger partial charge in [-0.15, -0.1) is 0 Å². The van der Waals surface area contributed by atoms with E-state index in [9.17, 15) is 9.18 Å². The van der Waals surface area contributed by atoms with Crippen molar-refractivity contribution in [2.45, 2.75) is 6.92 Å². The minimum absolute atomic E-state index is 0.219. The standard InChI is InChI=1S/C11H8BrFN2O/c1-6-4-10(16)15-11(14-6)7-2-3-9(13)8(12)5-7/h2-5H,1H3,(H,14,15,16). The van der Waals surface area contributed by atoms with Gasteiger partial charge in [0, 0.05) is 17.3 Å². The van der Waals surface area contributed by atoms with Gasteiger partial charge in [-0.25, -0.2) is 9.37 Å². The van der Waals surface area contributed by atoms with Crippen molar-refractivity contribution in [2.24, 2.45) is 0 Å². The van der Waals surface area contributed by atoms with Gasteiger partial charge < -0.3 is 4.98 Å². The van der Waals surface area contributed by atoms with Crippen molar-refractivity contribution in [3.05, 3.63) is 50.6 Å². The number of hydrogen-bond donors (Lipinski definition) is 1. The van der Waals surface area contributed by atoms with Gasteiger partial charge in [-0.3, -0.25) is 4.79 Å². The lowest BCUT2D eigenvalue weighted by Crippen LogP contribution is -2.08. The highest BCUT2D eigenvalue weighted by atomic mass is 79.9. The molecule has 0 radical (unpaired) electrons. The molecular formula is C11H8BrFN2O. The Kier molecular flexibility index (Phi) is 2.87. The van der Waals surface area contributed by atoms with Gasteiger partial charge in [-0.1, -0.05) is 0 Å². The van der Waals surface area contributed by atoms with E-state index < -0.39 is 0 Å². The number of aromatic amines is 1. The summed E-state index contributed by atoms with van der Waals surface area (Å²) in [6.45, 7) is 1.73. The van der Waals surface area contributed by atoms with Gasteiger partial charge in [-0.05, 0) is 41.1 Å². The molecule has 0 fully saturated rings. The summed E-state index contributed by atoms with van der Waals surface area (Å²) < 4.78 is 13.4. The molecule has 0 unspecified atom stereocenters. The Morgan fingerprint density at radius 1 is 1.38 bits per heavy atom. The summed E-state index contributed by atoms with van der Waals surface area (Å²) in [7, 11) is 0. The number of nitrogens with zero attached hydrogens (tertiary/aromatic N) is 1. The maximum absolute atomic E-state index is 13.0. The van der Waals surface area contributed by atoms with Crippen LogP contribution < -0.4 is 5.56 Å². The lowest BCUT2D eigenvalue weighted by molar-refractivity contribution is 0.621. The molecule has 2 rings (SSSR count). The summed E-state index contributed by atoms with van der Waals surface area (Å²) in [4.78, 5) is 18.0. The number of aryl methyl sites for hydroxylation is 1. The van der Waals surface area contributed by atoms with Crippen molar-refractivity contribution in [1.82, 2.24) is 9.97 Å². The topological polar surface area (TPSA) is 45.8 Å². The van der Waals surface area contributed by atoms with Crippen LogP contribution in [0, 0.1) is 12.7 Å². The molecular weight excluding hydrogens is 275 g/mol. The maximum Gasteiger partial charge on any atom is 0.251 e. The number of nitrogens with one attached hydrogen (secondary N) is 1. The smallest absolute Gasteiger partial charge is 0.251 e. The van der Waals surface area contributed by atoms with Crippen LogP contribution in [0.25, 0.3) is 11.4 Å². The highest BCUT2D eigenvalue weighted by Gasteiger charge is 2.05. The lowest BCUT2D eigenvalue weighted by Gasteiger charge is -2.02. The molecule has 0 aliphatic heterocycles. The molecule has 0 aliphatic carbocycles. The molecule has 0 saturated heterocycles. The van der Waals surface area contributed by atoms with Crippen LogP contribution in [0.5, 0.6) is 0 Å². The predicted molar refractivity (Wildman–Crippen MR) is 62.7 cm³/mol. The van der Waals surface area contributed by atoms with Crippen LogP contribution in [0.2, 0.25) is 0 Å². The fourth-order valence-corrected chi connectivity index (χ4v) is 1.74. The molecule has 1 heterocycles. The minimum atomic E-state index is -0.348. The monoisotopic (exact) mass is 282 g/mol. The van der Waals surface area contributed by atoms with E-state index in [0.717, 1.165) is 0 Å².